The minimum atomic E-state index is -0.560. The summed E-state index contributed by atoms with van der Waals surface area (Å²) in [5.74, 6) is 0. The topological polar surface area (TPSA) is 29.5 Å². The summed E-state index contributed by atoms with van der Waals surface area (Å²) in [4.78, 5) is 14.2. The molecule has 1 aliphatic rings. The molecule has 1 aliphatic heterocycles. The van der Waals surface area contributed by atoms with Gasteiger partial charge in [-0.3, -0.25) is 4.90 Å². The lowest BCUT2D eigenvalue weighted by molar-refractivity contribution is 0.141. The van der Waals surface area contributed by atoms with Gasteiger partial charge >= 0.3 is 6.09 Å². The van der Waals surface area contributed by atoms with Gasteiger partial charge in [0.2, 0.25) is 0 Å². The minimum Gasteiger partial charge on any atom is -0.439 e. The van der Waals surface area contributed by atoms with Crippen molar-refractivity contribution in [1.29, 1.82) is 0 Å². The third kappa shape index (κ3) is 2.29. The van der Waals surface area contributed by atoms with Crippen molar-refractivity contribution in [2.45, 2.75) is 25.1 Å². The van der Waals surface area contributed by atoms with Crippen LogP contribution in [-0.2, 0) is 16.8 Å². The molecule has 0 radical (unpaired) electrons. The van der Waals surface area contributed by atoms with E-state index in [1.165, 1.54) is 0 Å². The second-order valence-electron chi connectivity index (χ2n) is 5.63. The molecule has 3 rings (SSSR count). The van der Waals surface area contributed by atoms with Crippen LogP contribution in [-0.4, -0.2) is 17.1 Å². The van der Waals surface area contributed by atoms with E-state index < -0.39 is 5.54 Å². The highest BCUT2D eigenvalue weighted by atomic mass is 16.6. The predicted octanol–water partition coefficient (Wildman–Crippen LogP) is 4.11. The highest BCUT2D eigenvalue weighted by molar-refractivity contribution is 5.73. The molecular weight excluding hydrogens is 274 g/mol. The van der Waals surface area contributed by atoms with E-state index in [-0.39, 0.29) is 12.2 Å². The maximum absolute atomic E-state index is 12.4. The van der Waals surface area contributed by atoms with Crippen molar-refractivity contribution in [2.24, 2.45) is 0 Å². The Morgan fingerprint density at radius 2 is 1.73 bits per heavy atom. The first kappa shape index (κ1) is 14.4. The molecular formula is C19H19NO2. The van der Waals surface area contributed by atoms with Crippen LogP contribution >= 0.6 is 0 Å². The van der Waals surface area contributed by atoms with Crippen molar-refractivity contribution in [2.75, 3.05) is 0 Å². The lowest BCUT2D eigenvalue weighted by atomic mass is 9.85. The molecule has 0 spiro atoms. The molecule has 3 heteroatoms. The number of carbonyl (C=O) groups is 1. The van der Waals surface area contributed by atoms with Gasteiger partial charge in [-0.25, -0.2) is 4.79 Å². The van der Waals surface area contributed by atoms with Crippen molar-refractivity contribution in [3.63, 3.8) is 0 Å². The van der Waals surface area contributed by atoms with Crippen LogP contribution in [0, 0.1) is 0 Å². The number of cyclic esters (lactones) is 1. The van der Waals surface area contributed by atoms with E-state index in [9.17, 15) is 4.79 Å². The van der Waals surface area contributed by atoms with E-state index in [1.54, 1.807) is 11.0 Å². The monoisotopic (exact) mass is 293 g/mol. The molecule has 0 saturated carbocycles. The number of hydrogen-bond acceptors (Lipinski definition) is 2. The number of rotatable bonds is 4. The lowest BCUT2D eigenvalue weighted by Crippen LogP contribution is -2.45. The highest BCUT2D eigenvalue weighted by Gasteiger charge is 2.51. The Morgan fingerprint density at radius 1 is 1.14 bits per heavy atom. The average molecular weight is 293 g/mol. The van der Waals surface area contributed by atoms with Gasteiger partial charge in [-0.2, -0.15) is 0 Å². The van der Waals surface area contributed by atoms with Gasteiger partial charge < -0.3 is 4.74 Å². The fourth-order valence-electron chi connectivity index (χ4n) is 3.00. The van der Waals surface area contributed by atoms with Crippen LogP contribution < -0.4 is 0 Å². The zero-order chi connectivity index (χ0) is 15.6. The van der Waals surface area contributed by atoms with Crippen LogP contribution in [0.1, 0.15) is 18.1 Å². The summed E-state index contributed by atoms with van der Waals surface area (Å²) >= 11 is 0. The third-order valence-corrected chi connectivity index (χ3v) is 4.32. The van der Waals surface area contributed by atoms with E-state index in [2.05, 4.69) is 6.58 Å². The summed E-state index contributed by atoms with van der Waals surface area (Å²) in [6, 6.07) is 19.9. The van der Waals surface area contributed by atoms with Crippen molar-refractivity contribution in [3.05, 3.63) is 84.4 Å². The molecule has 2 atom stereocenters. The Hall–Kier alpha value is -2.55. The first-order valence-corrected chi connectivity index (χ1v) is 7.36. The number of carbonyl (C=O) groups excluding carboxylic acids is 1. The van der Waals surface area contributed by atoms with Crippen LogP contribution in [0.25, 0.3) is 0 Å². The van der Waals surface area contributed by atoms with Crippen LogP contribution in [0.2, 0.25) is 0 Å². The Morgan fingerprint density at radius 3 is 2.32 bits per heavy atom. The standard InChI is InChI=1S/C19H19NO2/c1-3-17-19(2,16-12-8-5-9-13-16)20(18(21)22-17)14-15-10-6-4-7-11-15/h3-13,17H,1,14H2,2H3. The Labute approximate surface area is 130 Å². The molecule has 2 unspecified atom stereocenters. The summed E-state index contributed by atoms with van der Waals surface area (Å²) in [6.45, 7) is 6.38. The van der Waals surface area contributed by atoms with Crippen molar-refractivity contribution < 1.29 is 9.53 Å². The van der Waals surface area contributed by atoms with Gasteiger partial charge in [0.05, 0.1) is 6.54 Å². The van der Waals surface area contributed by atoms with E-state index >= 15 is 0 Å². The highest BCUT2D eigenvalue weighted by Crippen LogP contribution is 2.41. The smallest absolute Gasteiger partial charge is 0.411 e. The number of nitrogens with zero attached hydrogens (tertiary/aromatic N) is 1. The molecule has 0 aromatic heterocycles. The summed E-state index contributed by atoms with van der Waals surface area (Å²) in [7, 11) is 0. The Balaban J connectivity index is 2.02. The molecule has 0 aliphatic carbocycles. The van der Waals surface area contributed by atoms with Crippen molar-refractivity contribution >= 4 is 6.09 Å². The van der Waals surface area contributed by atoms with Gasteiger partial charge in [0.15, 0.2) is 0 Å². The quantitative estimate of drug-likeness (QED) is 0.794. The summed E-state index contributed by atoms with van der Waals surface area (Å²) < 4.78 is 5.53. The first-order valence-electron chi connectivity index (χ1n) is 7.36. The molecule has 3 nitrogen and oxygen atoms in total. The molecule has 0 bridgehead atoms. The fraction of sp³-hybridized carbons (Fsp3) is 0.211. The molecule has 1 heterocycles. The van der Waals surface area contributed by atoms with Crippen molar-refractivity contribution in [3.8, 4) is 0 Å². The number of ether oxygens (including phenoxy) is 1. The number of hydrogen-bond donors (Lipinski definition) is 0. The molecule has 1 fully saturated rings. The van der Waals surface area contributed by atoms with Gasteiger partial charge in [-0.05, 0) is 24.1 Å². The SMILES string of the molecule is C=CC1OC(=O)N(Cc2ccccc2)C1(C)c1ccccc1. The maximum Gasteiger partial charge on any atom is 0.411 e. The molecule has 1 saturated heterocycles. The second kappa shape index (κ2) is 5.68. The van der Waals surface area contributed by atoms with Crippen molar-refractivity contribution in [1.82, 2.24) is 4.90 Å². The maximum atomic E-state index is 12.4. The summed E-state index contributed by atoms with van der Waals surface area (Å²) in [6.07, 6.45) is 1.03. The largest absolute Gasteiger partial charge is 0.439 e. The van der Waals surface area contributed by atoms with Crippen LogP contribution in [0.4, 0.5) is 4.79 Å². The first-order chi connectivity index (χ1) is 10.7. The number of benzene rings is 2. The molecule has 0 N–H and O–H groups in total. The Kier molecular flexibility index (Phi) is 3.72. The van der Waals surface area contributed by atoms with Gasteiger partial charge in [0, 0.05) is 0 Å². The van der Waals surface area contributed by atoms with Crippen LogP contribution in [0.5, 0.6) is 0 Å². The van der Waals surface area contributed by atoms with E-state index in [0.717, 1.165) is 11.1 Å². The number of amides is 1. The summed E-state index contributed by atoms with van der Waals surface area (Å²) in [5, 5.41) is 0. The van der Waals surface area contributed by atoms with Crippen LogP contribution in [0.3, 0.4) is 0 Å². The lowest BCUT2D eigenvalue weighted by Gasteiger charge is -2.35. The Bertz CT molecular complexity index is 668. The second-order valence-corrected chi connectivity index (χ2v) is 5.63. The normalized spacial score (nSPS) is 24.1. The molecule has 2 aromatic rings. The minimum absolute atomic E-state index is 0.305. The zero-order valence-electron chi connectivity index (χ0n) is 12.6. The van der Waals surface area contributed by atoms with Gasteiger partial charge in [-0.1, -0.05) is 67.2 Å². The third-order valence-electron chi connectivity index (χ3n) is 4.32. The van der Waals surface area contributed by atoms with Crippen LogP contribution in [0.15, 0.2) is 73.3 Å². The average Bonchev–Trinajstić information content (AvgIpc) is 2.82. The van der Waals surface area contributed by atoms with Gasteiger partial charge in [0.1, 0.15) is 11.6 Å². The molecule has 112 valence electrons. The molecule has 22 heavy (non-hydrogen) atoms. The van der Waals surface area contributed by atoms with E-state index in [4.69, 9.17) is 4.74 Å². The molecule has 1 amide bonds. The van der Waals surface area contributed by atoms with E-state index in [0.29, 0.717) is 6.54 Å². The fourth-order valence-corrected chi connectivity index (χ4v) is 3.00. The molecule has 2 aromatic carbocycles. The zero-order valence-corrected chi connectivity index (χ0v) is 12.6. The van der Waals surface area contributed by atoms with E-state index in [1.807, 2.05) is 67.6 Å². The van der Waals surface area contributed by atoms with Gasteiger partial charge in [0.25, 0.3) is 0 Å². The summed E-state index contributed by atoms with van der Waals surface area (Å²) in [5.41, 5.74) is 1.56. The van der Waals surface area contributed by atoms with Gasteiger partial charge in [-0.15, -0.1) is 0 Å². The predicted molar refractivity (Wildman–Crippen MR) is 86.2 cm³/mol.